The van der Waals surface area contributed by atoms with Crippen LogP contribution in [0.15, 0.2) is 6.20 Å². The van der Waals surface area contributed by atoms with Crippen molar-refractivity contribution >= 4 is 0 Å². The molecule has 1 aliphatic carbocycles. The van der Waals surface area contributed by atoms with E-state index in [-0.39, 0.29) is 12.1 Å². The number of aryl methyl sites for hydroxylation is 1. The molecule has 1 heterocycles. The molecular formula is C10H13F4N3. The summed E-state index contributed by atoms with van der Waals surface area (Å²) < 4.78 is 52.7. The molecule has 0 radical (unpaired) electrons. The van der Waals surface area contributed by atoms with Gasteiger partial charge in [-0.2, -0.15) is 5.10 Å². The lowest BCUT2D eigenvalue weighted by atomic mass is 9.62. The average molecular weight is 251 g/mol. The van der Waals surface area contributed by atoms with Crippen LogP contribution in [0.5, 0.6) is 0 Å². The van der Waals surface area contributed by atoms with Gasteiger partial charge in [0.2, 0.25) is 5.92 Å². The highest BCUT2D eigenvalue weighted by Crippen LogP contribution is 2.54. The van der Waals surface area contributed by atoms with E-state index in [1.807, 2.05) is 0 Å². The number of halogens is 4. The highest BCUT2D eigenvalue weighted by molar-refractivity contribution is 5.34. The lowest BCUT2D eigenvalue weighted by molar-refractivity contribution is -0.124. The fourth-order valence-electron chi connectivity index (χ4n) is 2.46. The van der Waals surface area contributed by atoms with Gasteiger partial charge in [-0.1, -0.05) is 0 Å². The summed E-state index contributed by atoms with van der Waals surface area (Å²) in [5, 5.41) is 3.62. The van der Waals surface area contributed by atoms with Gasteiger partial charge in [0.1, 0.15) is 5.69 Å². The first-order valence-corrected chi connectivity index (χ1v) is 5.20. The first-order valence-electron chi connectivity index (χ1n) is 5.20. The molecule has 0 unspecified atom stereocenters. The van der Waals surface area contributed by atoms with Gasteiger partial charge in [0.15, 0.2) is 0 Å². The first kappa shape index (κ1) is 12.3. The van der Waals surface area contributed by atoms with E-state index in [4.69, 9.17) is 5.73 Å². The van der Waals surface area contributed by atoms with Crippen molar-refractivity contribution in [3.05, 3.63) is 17.5 Å². The zero-order valence-corrected chi connectivity index (χ0v) is 9.26. The Morgan fingerprint density at radius 3 is 2.47 bits per heavy atom. The lowest BCUT2D eigenvalue weighted by Crippen LogP contribution is -2.54. The Morgan fingerprint density at radius 1 is 1.47 bits per heavy atom. The molecule has 1 saturated carbocycles. The van der Waals surface area contributed by atoms with Crippen LogP contribution in [0, 0.1) is 0 Å². The van der Waals surface area contributed by atoms with Crippen molar-refractivity contribution in [1.82, 2.24) is 9.78 Å². The summed E-state index contributed by atoms with van der Waals surface area (Å²) in [6.07, 6.45) is -2.38. The van der Waals surface area contributed by atoms with Crippen molar-refractivity contribution in [2.24, 2.45) is 12.8 Å². The van der Waals surface area contributed by atoms with Gasteiger partial charge < -0.3 is 5.73 Å². The molecule has 2 N–H and O–H groups in total. The third-order valence-electron chi connectivity index (χ3n) is 3.22. The SMILES string of the molecule is Cn1cc(C2(CN)CC(F)(F)C2)c(C(F)F)n1. The van der Waals surface area contributed by atoms with E-state index in [0.717, 1.165) is 0 Å². The smallest absolute Gasteiger partial charge is 0.282 e. The number of hydrogen-bond donors (Lipinski definition) is 1. The Labute approximate surface area is 95.6 Å². The van der Waals surface area contributed by atoms with E-state index in [9.17, 15) is 17.6 Å². The molecule has 0 atom stereocenters. The van der Waals surface area contributed by atoms with Gasteiger partial charge in [0.05, 0.1) is 0 Å². The minimum absolute atomic E-state index is 0.0754. The molecule has 0 aromatic carbocycles. The van der Waals surface area contributed by atoms with Gasteiger partial charge in [-0.3, -0.25) is 4.68 Å². The Bertz CT molecular complexity index is 419. The zero-order valence-electron chi connectivity index (χ0n) is 9.26. The molecule has 17 heavy (non-hydrogen) atoms. The van der Waals surface area contributed by atoms with E-state index in [1.165, 1.54) is 17.9 Å². The van der Waals surface area contributed by atoms with E-state index >= 15 is 0 Å². The summed E-state index contributed by atoms with van der Waals surface area (Å²) in [7, 11) is 1.48. The number of nitrogens with two attached hydrogens (primary N) is 1. The van der Waals surface area contributed by atoms with Crippen molar-refractivity contribution in [3.63, 3.8) is 0 Å². The molecule has 1 fully saturated rings. The number of hydrogen-bond acceptors (Lipinski definition) is 2. The minimum atomic E-state index is -2.81. The molecule has 2 rings (SSSR count). The second kappa shape index (κ2) is 3.69. The Hall–Kier alpha value is -1.11. The average Bonchev–Trinajstić information content (AvgIpc) is 2.56. The third-order valence-corrected chi connectivity index (χ3v) is 3.22. The van der Waals surface area contributed by atoms with Crippen LogP contribution in [0.2, 0.25) is 0 Å². The molecule has 0 aliphatic heterocycles. The van der Waals surface area contributed by atoms with Gasteiger partial charge in [0.25, 0.3) is 6.43 Å². The van der Waals surface area contributed by atoms with Gasteiger partial charge in [-0.25, -0.2) is 17.6 Å². The van der Waals surface area contributed by atoms with E-state index < -0.39 is 36.3 Å². The van der Waals surface area contributed by atoms with E-state index in [0.29, 0.717) is 0 Å². The number of rotatable bonds is 3. The van der Waals surface area contributed by atoms with Crippen molar-refractivity contribution < 1.29 is 17.6 Å². The van der Waals surface area contributed by atoms with Crippen LogP contribution >= 0.6 is 0 Å². The molecule has 96 valence electrons. The normalized spacial score (nSPS) is 21.6. The topological polar surface area (TPSA) is 43.8 Å². The summed E-state index contributed by atoms with van der Waals surface area (Å²) >= 11 is 0. The monoisotopic (exact) mass is 251 g/mol. The maximum Gasteiger partial charge on any atom is 0.282 e. The molecule has 1 aromatic heterocycles. The van der Waals surface area contributed by atoms with Gasteiger partial charge in [-0.15, -0.1) is 0 Å². The molecule has 1 aliphatic rings. The minimum Gasteiger partial charge on any atom is -0.330 e. The second-order valence-corrected chi connectivity index (χ2v) is 4.60. The molecule has 0 spiro atoms. The second-order valence-electron chi connectivity index (χ2n) is 4.60. The van der Waals surface area contributed by atoms with Crippen LogP contribution in [0.3, 0.4) is 0 Å². The quantitative estimate of drug-likeness (QED) is 0.835. The van der Waals surface area contributed by atoms with Crippen LogP contribution in [0.4, 0.5) is 17.6 Å². The Kier molecular flexibility index (Phi) is 2.68. The van der Waals surface area contributed by atoms with Crippen molar-refractivity contribution in [3.8, 4) is 0 Å². The molecule has 0 bridgehead atoms. The zero-order chi connectivity index (χ0) is 12.8. The summed E-state index contributed by atoms with van der Waals surface area (Å²) in [6, 6.07) is 0. The number of aromatic nitrogens is 2. The molecule has 0 saturated heterocycles. The predicted molar refractivity (Wildman–Crippen MR) is 53.1 cm³/mol. The lowest BCUT2D eigenvalue weighted by Gasteiger charge is -2.46. The van der Waals surface area contributed by atoms with Crippen LogP contribution in [-0.2, 0) is 12.5 Å². The Balaban J connectivity index is 2.39. The maximum atomic E-state index is 13.0. The standard InChI is InChI=1S/C10H13F4N3/c1-17-2-6(7(16-17)8(11)12)9(5-15)3-10(13,14)4-9/h2,8H,3-5,15H2,1H3. The predicted octanol–water partition coefficient (Wildman–Crippen LogP) is 1.98. The van der Waals surface area contributed by atoms with E-state index in [1.54, 1.807) is 0 Å². The van der Waals surface area contributed by atoms with Gasteiger partial charge >= 0.3 is 0 Å². The summed E-state index contributed by atoms with van der Waals surface area (Å²) in [5.41, 5.74) is 4.15. The number of alkyl halides is 4. The first-order chi connectivity index (χ1) is 7.80. The highest BCUT2D eigenvalue weighted by Gasteiger charge is 2.58. The fraction of sp³-hybridized carbons (Fsp3) is 0.700. The maximum absolute atomic E-state index is 13.0. The van der Waals surface area contributed by atoms with Crippen LogP contribution in [0.25, 0.3) is 0 Å². The fourth-order valence-corrected chi connectivity index (χ4v) is 2.46. The summed E-state index contributed by atoms with van der Waals surface area (Å²) in [6.45, 7) is -0.0754. The van der Waals surface area contributed by atoms with Crippen LogP contribution in [0.1, 0.15) is 30.5 Å². The summed E-state index contributed by atoms with van der Waals surface area (Å²) in [4.78, 5) is 0. The molecule has 3 nitrogen and oxygen atoms in total. The largest absolute Gasteiger partial charge is 0.330 e. The highest BCUT2D eigenvalue weighted by atomic mass is 19.3. The molecule has 1 aromatic rings. The molecule has 7 heteroatoms. The van der Waals surface area contributed by atoms with Gasteiger partial charge in [-0.05, 0) is 0 Å². The Morgan fingerprint density at radius 2 is 2.06 bits per heavy atom. The van der Waals surface area contributed by atoms with Crippen LogP contribution < -0.4 is 5.73 Å². The van der Waals surface area contributed by atoms with Gasteiger partial charge in [0, 0.05) is 43.6 Å². The van der Waals surface area contributed by atoms with Crippen LogP contribution in [-0.4, -0.2) is 22.2 Å². The molecular weight excluding hydrogens is 238 g/mol. The van der Waals surface area contributed by atoms with E-state index in [2.05, 4.69) is 5.10 Å². The van der Waals surface area contributed by atoms with Crippen molar-refractivity contribution in [1.29, 1.82) is 0 Å². The molecule has 0 amide bonds. The van der Waals surface area contributed by atoms with Crippen molar-refractivity contribution in [2.75, 3.05) is 6.54 Å². The number of nitrogens with zero attached hydrogens (tertiary/aromatic N) is 2. The third kappa shape index (κ3) is 1.92. The summed E-state index contributed by atoms with van der Waals surface area (Å²) in [5.74, 6) is -2.81. The van der Waals surface area contributed by atoms with Crippen molar-refractivity contribution in [2.45, 2.75) is 30.6 Å².